The fourth-order valence-corrected chi connectivity index (χ4v) is 1.06. The highest BCUT2D eigenvalue weighted by atomic mass is 16.3. The van der Waals surface area contributed by atoms with Gasteiger partial charge in [0.1, 0.15) is 5.75 Å². The Bertz CT molecular complexity index is 368. The normalized spacial score (nSPS) is 12.6. The number of benzene rings is 1. The van der Waals surface area contributed by atoms with E-state index < -0.39 is 6.10 Å². The number of aliphatic hydroxyl groups is 1. The maximum absolute atomic E-state index is 11.2. The number of rotatable bonds is 4. The van der Waals surface area contributed by atoms with Crippen LogP contribution in [0.5, 0.6) is 5.75 Å². The molecule has 0 bridgehead atoms. The van der Waals surface area contributed by atoms with Crippen molar-refractivity contribution < 1.29 is 15.0 Å². The number of nitrogens with one attached hydrogen (secondary N) is 1. The summed E-state index contributed by atoms with van der Waals surface area (Å²) in [6, 6.07) is 6.50. The molecular weight excluding hydrogens is 206 g/mol. The zero-order valence-corrected chi connectivity index (χ0v) is 9.05. The molecule has 0 saturated heterocycles. The van der Waals surface area contributed by atoms with Gasteiger partial charge in [-0.25, -0.2) is 0 Å². The third-order valence-corrected chi connectivity index (χ3v) is 1.89. The molecule has 1 atom stereocenters. The summed E-state index contributed by atoms with van der Waals surface area (Å²) in [6.07, 6.45) is 2.47. The summed E-state index contributed by atoms with van der Waals surface area (Å²) in [5, 5.41) is 20.5. The van der Waals surface area contributed by atoms with E-state index in [2.05, 4.69) is 5.32 Å². The average molecular weight is 221 g/mol. The first-order valence-corrected chi connectivity index (χ1v) is 5.01. The van der Waals surface area contributed by atoms with Crippen molar-refractivity contribution >= 4 is 12.0 Å². The summed E-state index contributed by atoms with van der Waals surface area (Å²) >= 11 is 0. The van der Waals surface area contributed by atoms with Crippen molar-refractivity contribution in [3.05, 3.63) is 35.9 Å². The molecule has 0 aliphatic carbocycles. The van der Waals surface area contributed by atoms with E-state index in [1.54, 1.807) is 37.3 Å². The van der Waals surface area contributed by atoms with E-state index >= 15 is 0 Å². The van der Waals surface area contributed by atoms with Crippen LogP contribution >= 0.6 is 0 Å². The van der Waals surface area contributed by atoms with Crippen LogP contribution in [0, 0.1) is 0 Å². The second kappa shape index (κ2) is 5.92. The van der Waals surface area contributed by atoms with Gasteiger partial charge in [-0.15, -0.1) is 0 Å². The zero-order chi connectivity index (χ0) is 12.0. The number of hydrogen-bond acceptors (Lipinski definition) is 3. The van der Waals surface area contributed by atoms with Gasteiger partial charge in [0.05, 0.1) is 6.10 Å². The van der Waals surface area contributed by atoms with E-state index in [-0.39, 0.29) is 18.2 Å². The third kappa shape index (κ3) is 4.61. The van der Waals surface area contributed by atoms with Crippen LogP contribution in [0.2, 0.25) is 0 Å². The molecule has 4 nitrogen and oxygen atoms in total. The number of aliphatic hydroxyl groups excluding tert-OH is 1. The topological polar surface area (TPSA) is 69.6 Å². The van der Waals surface area contributed by atoms with Crippen LogP contribution in [-0.4, -0.2) is 28.8 Å². The van der Waals surface area contributed by atoms with Crippen molar-refractivity contribution in [2.45, 2.75) is 13.0 Å². The van der Waals surface area contributed by atoms with Crippen molar-refractivity contribution in [3.63, 3.8) is 0 Å². The van der Waals surface area contributed by atoms with E-state index in [4.69, 9.17) is 10.2 Å². The first-order chi connectivity index (χ1) is 7.58. The molecule has 1 aromatic carbocycles. The fourth-order valence-electron chi connectivity index (χ4n) is 1.06. The van der Waals surface area contributed by atoms with E-state index in [9.17, 15) is 4.79 Å². The van der Waals surface area contributed by atoms with Crippen LogP contribution < -0.4 is 5.32 Å². The van der Waals surface area contributed by atoms with Gasteiger partial charge < -0.3 is 15.5 Å². The summed E-state index contributed by atoms with van der Waals surface area (Å²) in [5.74, 6) is -0.0651. The highest BCUT2D eigenvalue weighted by Crippen LogP contribution is 2.10. The highest BCUT2D eigenvalue weighted by molar-refractivity contribution is 5.91. The van der Waals surface area contributed by atoms with Gasteiger partial charge in [-0.1, -0.05) is 12.1 Å². The second-order valence-electron chi connectivity index (χ2n) is 3.52. The number of amides is 1. The number of carbonyl (C=O) groups is 1. The number of hydrogen-bond donors (Lipinski definition) is 3. The first kappa shape index (κ1) is 12.3. The predicted molar refractivity (Wildman–Crippen MR) is 61.8 cm³/mol. The molecule has 0 spiro atoms. The SMILES string of the molecule is C[C@@H](O)CNC(=O)/C=C/c1ccc(O)cc1. The summed E-state index contributed by atoms with van der Waals surface area (Å²) in [7, 11) is 0. The number of carbonyl (C=O) groups excluding carboxylic acids is 1. The van der Waals surface area contributed by atoms with Crippen molar-refractivity contribution in [2.75, 3.05) is 6.54 Å². The lowest BCUT2D eigenvalue weighted by molar-refractivity contribution is -0.116. The molecule has 0 unspecified atom stereocenters. The van der Waals surface area contributed by atoms with Crippen LogP contribution in [0.4, 0.5) is 0 Å². The Morgan fingerprint density at radius 3 is 2.62 bits per heavy atom. The van der Waals surface area contributed by atoms with Gasteiger partial charge in [0, 0.05) is 12.6 Å². The van der Waals surface area contributed by atoms with E-state index in [1.165, 1.54) is 6.08 Å². The molecule has 1 amide bonds. The minimum atomic E-state index is -0.550. The second-order valence-corrected chi connectivity index (χ2v) is 3.52. The third-order valence-electron chi connectivity index (χ3n) is 1.89. The summed E-state index contributed by atoms with van der Waals surface area (Å²) in [6.45, 7) is 1.84. The van der Waals surface area contributed by atoms with E-state index in [1.807, 2.05) is 0 Å². The Hall–Kier alpha value is -1.81. The van der Waals surface area contributed by atoms with Crippen molar-refractivity contribution in [1.29, 1.82) is 0 Å². The summed E-state index contributed by atoms with van der Waals surface area (Å²) in [4.78, 5) is 11.2. The molecule has 16 heavy (non-hydrogen) atoms. The van der Waals surface area contributed by atoms with Gasteiger partial charge in [0.25, 0.3) is 0 Å². The Morgan fingerprint density at radius 1 is 1.44 bits per heavy atom. The standard InChI is InChI=1S/C12H15NO3/c1-9(14)8-13-12(16)7-4-10-2-5-11(15)6-3-10/h2-7,9,14-15H,8H2,1H3,(H,13,16)/b7-4+/t9-/m1/s1. The lowest BCUT2D eigenvalue weighted by Crippen LogP contribution is -2.28. The number of phenolic OH excluding ortho intramolecular Hbond substituents is 1. The average Bonchev–Trinajstić information content (AvgIpc) is 2.25. The molecule has 0 aromatic heterocycles. The largest absolute Gasteiger partial charge is 0.508 e. The Kier molecular flexibility index (Phi) is 4.54. The quantitative estimate of drug-likeness (QED) is 0.662. The van der Waals surface area contributed by atoms with Gasteiger partial charge in [-0.05, 0) is 30.7 Å². The fraction of sp³-hybridized carbons (Fsp3) is 0.250. The van der Waals surface area contributed by atoms with Crippen LogP contribution in [0.3, 0.4) is 0 Å². The van der Waals surface area contributed by atoms with Crippen molar-refractivity contribution in [3.8, 4) is 5.75 Å². The van der Waals surface area contributed by atoms with Crippen molar-refractivity contribution in [2.24, 2.45) is 0 Å². The lowest BCUT2D eigenvalue weighted by Gasteiger charge is -2.03. The van der Waals surface area contributed by atoms with E-state index in [0.717, 1.165) is 5.56 Å². The predicted octanol–water partition coefficient (Wildman–Crippen LogP) is 0.902. The smallest absolute Gasteiger partial charge is 0.244 e. The Balaban J connectivity index is 2.47. The highest BCUT2D eigenvalue weighted by Gasteiger charge is 1.98. The monoisotopic (exact) mass is 221 g/mol. The minimum Gasteiger partial charge on any atom is -0.508 e. The van der Waals surface area contributed by atoms with Gasteiger partial charge in [0.15, 0.2) is 0 Å². The van der Waals surface area contributed by atoms with Crippen LogP contribution in [0.1, 0.15) is 12.5 Å². The molecule has 0 fully saturated rings. The van der Waals surface area contributed by atoms with E-state index in [0.29, 0.717) is 0 Å². The molecule has 0 heterocycles. The first-order valence-electron chi connectivity index (χ1n) is 5.01. The molecule has 3 N–H and O–H groups in total. The van der Waals surface area contributed by atoms with Crippen LogP contribution in [0.15, 0.2) is 30.3 Å². The summed E-state index contributed by atoms with van der Waals surface area (Å²) < 4.78 is 0. The molecule has 0 saturated carbocycles. The molecule has 0 radical (unpaired) electrons. The molecular formula is C12H15NO3. The Labute approximate surface area is 94.2 Å². The molecule has 1 rings (SSSR count). The van der Waals surface area contributed by atoms with Gasteiger partial charge >= 0.3 is 0 Å². The maximum Gasteiger partial charge on any atom is 0.244 e. The van der Waals surface area contributed by atoms with Crippen LogP contribution in [-0.2, 0) is 4.79 Å². The number of phenols is 1. The molecule has 0 aliphatic heterocycles. The number of aromatic hydroxyl groups is 1. The van der Waals surface area contributed by atoms with Crippen molar-refractivity contribution in [1.82, 2.24) is 5.32 Å². The maximum atomic E-state index is 11.2. The molecule has 86 valence electrons. The van der Waals surface area contributed by atoms with Gasteiger partial charge in [-0.2, -0.15) is 0 Å². The Morgan fingerprint density at radius 2 is 2.06 bits per heavy atom. The minimum absolute atomic E-state index is 0.190. The molecule has 0 aliphatic rings. The van der Waals surface area contributed by atoms with Gasteiger partial charge in [-0.3, -0.25) is 4.79 Å². The molecule has 1 aromatic rings. The van der Waals surface area contributed by atoms with Crippen LogP contribution in [0.25, 0.3) is 6.08 Å². The molecule has 4 heteroatoms. The lowest BCUT2D eigenvalue weighted by atomic mass is 10.2. The zero-order valence-electron chi connectivity index (χ0n) is 9.05. The van der Waals surface area contributed by atoms with Gasteiger partial charge in [0.2, 0.25) is 5.91 Å². The summed E-state index contributed by atoms with van der Waals surface area (Å²) in [5.41, 5.74) is 0.824.